The van der Waals surface area contributed by atoms with E-state index in [2.05, 4.69) is 15.6 Å². The maximum absolute atomic E-state index is 12.7. The minimum absolute atomic E-state index is 0.253. The highest BCUT2D eigenvalue weighted by molar-refractivity contribution is 5.77. The van der Waals surface area contributed by atoms with Crippen LogP contribution in [0.1, 0.15) is 11.3 Å². The number of carbonyl (C=O) groups is 1. The van der Waals surface area contributed by atoms with Crippen LogP contribution >= 0.6 is 0 Å². The number of para-hydroxylation sites is 1. The molecule has 1 amide bonds. The summed E-state index contributed by atoms with van der Waals surface area (Å²) in [5, 5.41) is 11.0. The van der Waals surface area contributed by atoms with Crippen LogP contribution in [0.4, 0.5) is 0 Å². The molecule has 0 saturated carbocycles. The summed E-state index contributed by atoms with van der Waals surface area (Å²) in [4.78, 5) is 25.1. The monoisotopic (exact) mass is 420 g/mol. The maximum atomic E-state index is 12.7. The van der Waals surface area contributed by atoms with Gasteiger partial charge in [-0.15, -0.1) is 0 Å². The lowest BCUT2D eigenvalue weighted by Gasteiger charge is -2.11. The number of nitrogens with one attached hydrogen (secondary N) is 1. The standard InChI is InChI=1S/C22H20N4O5/c1-14-10-19(31-25-14)16-11-21(28)26(24-22(16)18-8-5-9-30-18)13-20(27)23-12-15-6-3-4-7-17(15)29-2/h3-11H,12-13H2,1-2H3,(H,23,27). The van der Waals surface area contributed by atoms with Crippen molar-refractivity contribution >= 4 is 5.91 Å². The smallest absolute Gasteiger partial charge is 0.268 e. The highest BCUT2D eigenvalue weighted by atomic mass is 16.5. The molecule has 1 aromatic carbocycles. The Kier molecular flexibility index (Phi) is 5.65. The molecule has 158 valence electrons. The fourth-order valence-corrected chi connectivity index (χ4v) is 3.11. The molecule has 0 aliphatic rings. The zero-order valence-electron chi connectivity index (χ0n) is 17.0. The molecular weight excluding hydrogens is 400 g/mol. The Morgan fingerprint density at radius 2 is 2.00 bits per heavy atom. The van der Waals surface area contributed by atoms with Crippen molar-refractivity contribution in [3.05, 3.63) is 76.4 Å². The summed E-state index contributed by atoms with van der Waals surface area (Å²) in [7, 11) is 1.57. The molecule has 0 aliphatic heterocycles. The average Bonchev–Trinajstić information content (AvgIpc) is 3.45. The van der Waals surface area contributed by atoms with Gasteiger partial charge in [-0.1, -0.05) is 23.4 Å². The van der Waals surface area contributed by atoms with E-state index in [9.17, 15) is 9.59 Å². The first-order valence-electron chi connectivity index (χ1n) is 9.53. The molecule has 0 spiro atoms. The molecule has 4 rings (SSSR count). The summed E-state index contributed by atoms with van der Waals surface area (Å²) >= 11 is 0. The second-order valence-corrected chi connectivity index (χ2v) is 6.80. The summed E-state index contributed by atoms with van der Waals surface area (Å²) in [6, 6.07) is 13.9. The first-order valence-corrected chi connectivity index (χ1v) is 9.53. The molecule has 3 aromatic heterocycles. The average molecular weight is 420 g/mol. The Morgan fingerprint density at radius 1 is 1.16 bits per heavy atom. The van der Waals surface area contributed by atoms with E-state index in [0.717, 1.165) is 10.2 Å². The van der Waals surface area contributed by atoms with Crippen LogP contribution in [0.5, 0.6) is 5.75 Å². The molecular formula is C22H20N4O5. The van der Waals surface area contributed by atoms with Crippen molar-refractivity contribution in [2.24, 2.45) is 0 Å². The fraction of sp³-hybridized carbons (Fsp3) is 0.182. The van der Waals surface area contributed by atoms with Gasteiger partial charge in [0.1, 0.15) is 18.0 Å². The van der Waals surface area contributed by atoms with Crippen LogP contribution < -0.4 is 15.6 Å². The van der Waals surface area contributed by atoms with Crippen LogP contribution in [0, 0.1) is 6.92 Å². The summed E-state index contributed by atoms with van der Waals surface area (Å²) in [5.41, 5.74) is 1.85. The lowest BCUT2D eigenvalue weighted by molar-refractivity contribution is -0.122. The van der Waals surface area contributed by atoms with E-state index in [-0.39, 0.29) is 19.0 Å². The molecule has 1 N–H and O–H groups in total. The largest absolute Gasteiger partial charge is 0.496 e. The lowest BCUT2D eigenvalue weighted by atomic mass is 10.1. The van der Waals surface area contributed by atoms with E-state index >= 15 is 0 Å². The first kappa shape index (κ1) is 20.1. The van der Waals surface area contributed by atoms with Gasteiger partial charge >= 0.3 is 0 Å². The third-order valence-corrected chi connectivity index (χ3v) is 4.61. The quantitative estimate of drug-likeness (QED) is 0.489. The lowest BCUT2D eigenvalue weighted by Crippen LogP contribution is -2.33. The Morgan fingerprint density at radius 3 is 2.71 bits per heavy atom. The van der Waals surface area contributed by atoms with Crippen molar-refractivity contribution in [1.29, 1.82) is 0 Å². The van der Waals surface area contributed by atoms with Crippen molar-refractivity contribution < 1.29 is 18.5 Å². The molecule has 9 heteroatoms. The van der Waals surface area contributed by atoms with Gasteiger partial charge in [-0.3, -0.25) is 9.59 Å². The highest BCUT2D eigenvalue weighted by Crippen LogP contribution is 2.29. The zero-order chi connectivity index (χ0) is 21.8. The van der Waals surface area contributed by atoms with Gasteiger partial charge in [0.25, 0.3) is 5.56 Å². The predicted octanol–water partition coefficient (Wildman–Crippen LogP) is 2.79. The van der Waals surface area contributed by atoms with E-state index in [1.54, 1.807) is 32.2 Å². The predicted molar refractivity (Wildman–Crippen MR) is 111 cm³/mol. The summed E-state index contributed by atoms with van der Waals surface area (Å²) in [5.74, 6) is 1.13. The number of hydrogen-bond donors (Lipinski definition) is 1. The maximum Gasteiger partial charge on any atom is 0.268 e. The molecule has 9 nitrogen and oxygen atoms in total. The summed E-state index contributed by atoms with van der Waals surface area (Å²) < 4.78 is 17.1. The van der Waals surface area contributed by atoms with Crippen molar-refractivity contribution in [3.8, 4) is 28.5 Å². The third kappa shape index (κ3) is 4.40. The van der Waals surface area contributed by atoms with Crippen LogP contribution in [0.15, 0.2) is 68.5 Å². The van der Waals surface area contributed by atoms with Crippen LogP contribution in [0.3, 0.4) is 0 Å². The number of carbonyl (C=O) groups excluding carboxylic acids is 1. The van der Waals surface area contributed by atoms with Crippen LogP contribution in [-0.2, 0) is 17.9 Å². The number of benzene rings is 1. The summed E-state index contributed by atoms with van der Waals surface area (Å²) in [6.45, 7) is 1.79. The minimum atomic E-state index is -0.452. The number of aromatic nitrogens is 3. The number of amides is 1. The number of ether oxygens (including phenoxy) is 1. The molecule has 4 aromatic rings. The Labute approximate surface area is 177 Å². The fourth-order valence-electron chi connectivity index (χ4n) is 3.11. The third-order valence-electron chi connectivity index (χ3n) is 4.61. The van der Waals surface area contributed by atoms with Crippen molar-refractivity contribution in [3.63, 3.8) is 0 Å². The Balaban J connectivity index is 1.59. The SMILES string of the molecule is COc1ccccc1CNC(=O)Cn1nc(-c2ccco2)c(-c2cc(C)no2)cc1=O. The van der Waals surface area contributed by atoms with E-state index in [1.165, 1.54) is 12.3 Å². The number of methoxy groups -OCH3 is 1. The molecule has 0 unspecified atom stereocenters. The zero-order valence-corrected chi connectivity index (χ0v) is 17.0. The second-order valence-electron chi connectivity index (χ2n) is 6.80. The topological polar surface area (TPSA) is 112 Å². The van der Waals surface area contributed by atoms with Gasteiger partial charge in [-0.05, 0) is 25.1 Å². The molecule has 31 heavy (non-hydrogen) atoms. The highest BCUT2D eigenvalue weighted by Gasteiger charge is 2.19. The number of aryl methyl sites for hydroxylation is 1. The minimum Gasteiger partial charge on any atom is -0.496 e. The number of nitrogens with zero attached hydrogens (tertiary/aromatic N) is 3. The van der Waals surface area contributed by atoms with Gasteiger partial charge in [0.15, 0.2) is 11.5 Å². The van der Waals surface area contributed by atoms with Gasteiger partial charge in [0.2, 0.25) is 5.91 Å². The molecule has 0 radical (unpaired) electrons. The van der Waals surface area contributed by atoms with Gasteiger partial charge in [-0.2, -0.15) is 5.10 Å². The van der Waals surface area contributed by atoms with Crippen LogP contribution in [-0.4, -0.2) is 28.0 Å². The molecule has 0 atom stereocenters. The van der Waals surface area contributed by atoms with E-state index in [0.29, 0.717) is 34.2 Å². The van der Waals surface area contributed by atoms with Gasteiger partial charge in [0, 0.05) is 24.2 Å². The molecule has 0 fully saturated rings. The molecule has 0 aliphatic carbocycles. The normalized spacial score (nSPS) is 10.8. The number of rotatable bonds is 7. The van der Waals surface area contributed by atoms with Gasteiger partial charge < -0.3 is 19.0 Å². The van der Waals surface area contributed by atoms with E-state index in [4.69, 9.17) is 13.7 Å². The Bertz CT molecular complexity index is 1260. The van der Waals surface area contributed by atoms with Gasteiger partial charge in [0.05, 0.1) is 24.6 Å². The van der Waals surface area contributed by atoms with Crippen LogP contribution in [0.25, 0.3) is 22.8 Å². The van der Waals surface area contributed by atoms with Crippen LogP contribution in [0.2, 0.25) is 0 Å². The Hall–Kier alpha value is -4.14. The van der Waals surface area contributed by atoms with Gasteiger partial charge in [-0.25, -0.2) is 4.68 Å². The van der Waals surface area contributed by atoms with Crippen molar-refractivity contribution in [2.45, 2.75) is 20.0 Å². The molecule has 0 saturated heterocycles. The summed E-state index contributed by atoms with van der Waals surface area (Å²) in [6.07, 6.45) is 1.50. The van der Waals surface area contributed by atoms with Crippen molar-refractivity contribution in [2.75, 3.05) is 7.11 Å². The first-order chi connectivity index (χ1) is 15.0. The molecule has 0 bridgehead atoms. The number of furan rings is 1. The number of hydrogen-bond acceptors (Lipinski definition) is 7. The van der Waals surface area contributed by atoms with E-state index in [1.807, 2.05) is 24.3 Å². The van der Waals surface area contributed by atoms with E-state index < -0.39 is 5.56 Å². The molecule has 3 heterocycles. The van der Waals surface area contributed by atoms with Crippen molar-refractivity contribution in [1.82, 2.24) is 20.3 Å². The second kappa shape index (κ2) is 8.70.